The molecular weight excluding hydrogens is 192 g/mol. The van der Waals surface area contributed by atoms with Gasteiger partial charge in [-0.15, -0.1) is 0 Å². The number of carbonyl (C=O) groups is 1. The van der Waals surface area contributed by atoms with E-state index in [9.17, 15) is 13.2 Å². The van der Waals surface area contributed by atoms with E-state index in [-0.39, 0.29) is 18.1 Å². The molecule has 0 aliphatic rings. The average Bonchev–Trinajstić information content (AvgIpc) is 1.81. The molecule has 0 unspecified atom stereocenters. The molecule has 0 heterocycles. The number of carbonyl (C=O) groups excluding carboxylic acids is 1. The predicted molar refractivity (Wildman–Crippen MR) is 49.9 cm³/mol. The van der Waals surface area contributed by atoms with Crippen molar-refractivity contribution in [1.82, 2.24) is 0 Å². The Balaban J connectivity index is 4.03. The minimum absolute atomic E-state index is 0.0103. The van der Waals surface area contributed by atoms with Gasteiger partial charge in [-0.3, -0.25) is 8.98 Å². The summed E-state index contributed by atoms with van der Waals surface area (Å²) in [5, 5.41) is 0. The zero-order valence-electron chi connectivity index (χ0n) is 8.40. The molecule has 0 saturated carbocycles. The van der Waals surface area contributed by atoms with Crippen LogP contribution < -0.4 is 0 Å². The Hall–Kier alpha value is -0.420. The van der Waals surface area contributed by atoms with Gasteiger partial charge in [0.2, 0.25) is 0 Å². The quantitative estimate of drug-likeness (QED) is 0.631. The molecule has 0 rings (SSSR count). The van der Waals surface area contributed by atoms with E-state index in [0.717, 1.165) is 6.26 Å². The Morgan fingerprint density at radius 3 is 2.08 bits per heavy atom. The first-order valence-electron chi connectivity index (χ1n) is 4.13. The Bertz CT molecular complexity index is 266. The second kappa shape index (κ2) is 4.72. The molecule has 0 amide bonds. The third kappa shape index (κ3) is 6.72. The first-order chi connectivity index (χ1) is 5.72. The zero-order valence-corrected chi connectivity index (χ0v) is 9.22. The summed E-state index contributed by atoms with van der Waals surface area (Å²) in [4.78, 5) is 11.2. The number of rotatable bonds is 5. The Morgan fingerprint density at radius 2 is 1.77 bits per heavy atom. The zero-order chi connectivity index (χ0) is 10.6. The second-order valence-corrected chi connectivity index (χ2v) is 5.04. The summed E-state index contributed by atoms with van der Waals surface area (Å²) < 4.78 is 25.9. The smallest absolute Gasteiger partial charge is 0.264 e. The van der Waals surface area contributed by atoms with Crippen molar-refractivity contribution in [2.45, 2.75) is 33.3 Å². The van der Waals surface area contributed by atoms with Crippen LogP contribution in [0, 0.1) is 5.92 Å². The minimum Gasteiger partial charge on any atom is -0.299 e. The van der Waals surface area contributed by atoms with Crippen LogP contribution in [-0.4, -0.2) is 26.6 Å². The molecule has 1 atom stereocenters. The number of hydrogen-bond donors (Lipinski definition) is 0. The van der Waals surface area contributed by atoms with Gasteiger partial charge < -0.3 is 0 Å². The molecule has 0 aliphatic heterocycles. The molecule has 78 valence electrons. The van der Waals surface area contributed by atoms with Crippen molar-refractivity contribution >= 4 is 15.9 Å². The molecule has 0 bridgehead atoms. The average molecular weight is 208 g/mol. The molecule has 4 nitrogen and oxygen atoms in total. The molecule has 0 aromatic carbocycles. The van der Waals surface area contributed by atoms with E-state index in [0.29, 0.717) is 0 Å². The molecule has 0 N–H and O–H groups in total. The summed E-state index contributed by atoms with van der Waals surface area (Å²) in [6.07, 6.45) is 0.554. The maximum Gasteiger partial charge on any atom is 0.264 e. The highest BCUT2D eigenvalue weighted by Crippen LogP contribution is 2.07. The van der Waals surface area contributed by atoms with Crippen LogP contribution >= 0.6 is 0 Å². The van der Waals surface area contributed by atoms with Gasteiger partial charge in [0.05, 0.1) is 12.4 Å². The lowest BCUT2D eigenvalue weighted by Gasteiger charge is -2.11. The summed E-state index contributed by atoms with van der Waals surface area (Å²) >= 11 is 0. The van der Waals surface area contributed by atoms with Gasteiger partial charge in [-0.2, -0.15) is 8.42 Å². The lowest BCUT2D eigenvalue weighted by molar-refractivity contribution is -0.123. The van der Waals surface area contributed by atoms with Gasteiger partial charge in [0, 0.05) is 12.3 Å². The van der Waals surface area contributed by atoms with Crippen molar-refractivity contribution in [1.29, 1.82) is 0 Å². The van der Waals surface area contributed by atoms with Crippen molar-refractivity contribution in [2.75, 3.05) is 6.26 Å². The third-order valence-electron chi connectivity index (χ3n) is 1.47. The summed E-state index contributed by atoms with van der Waals surface area (Å²) in [6, 6.07) is 0. The third-order valence-corrected chi connectivity index (χ3v) is 2.15. The Morgan fingerprint density at radius 1 is 1.31 bits per heavy atom. The van der Waals surface area contributed by atoms with Crippen LogP contribution in [-0.2, 0) is 19.1 Å². The van der Waals surface area contributed by atoms with E-state index in [4.69, 9.17) is 0 Å². The Labute approximate surface area is 79.4 Å². The van der Waals surface area contributed by atoms with Crippen molar-refractivity contribution in [2.24, 2.45) is 5.92 Å². The van der Waals surface area contributed by atoms with Crippen molar-refractivity contribution in [3.63, 3.8) is 0 Å². The normalized spacial score (nSPS) is 14.5. The maximum absolute atomic E-state index is 11.2. The standard InChI is InChI=1S/C8H16O4S/c1-6(2)8(9)5-7(3)12-13(4,10)11/h6-7H,5H2,1-4H3/t7-/m0/s1. The largest absolute Gasteiger partial charge is 0.299 e. The van der Waals surface area contributed by atoms with E-state index in [2.05, 4.69) is 4.18 Å². The fourth-order valence-electron chi connectivity index (χ4n) is 0.851. The topological polar surface area (TPSA) is 60.4 Å². The van der Waals surface area contributed by atoms with Crippen LogP contribution in [0.25, 0.3) is 0 Å². The van der Waals surface area contributed by atoms with Gasteiger partial charge >= 0.3 is 0 Å². The predicted octanol–water partition coefficient (Wildman–Crippen LogP) is 0.966. The molecule has 5 heteroatoms. The van der Waals surface area contributed by atoms with E-state index < -0.39 is 16.2 Å². The highest BCUT2D eigenvalue weighted by Gasteiger charge is 2.16. The lowest BCUT2D eigenvalue weighted by Crippen LogP contribution is -2.20. The van der Waals surface area contributed by atoms with Crippen LogP contribution in [0.2, 0.25) is 0 Å². The van der Waals surface area contributed by atoms with Crippen LogP contribution in [0.1, 0.15) is 27.2 Å². The summed E-state index contributed by atoms with van der Waals surface area (Å²) in [6.45, 7) is 5.12. The molecule has 0 aromatic rings. The molecule has 0 fully saturated rings. The van der Waals surface area contributed by atoms with E-state index in [1.807, 2.05) is 0 Å². The Kier molecular flexibility index (Phi) is 4.56. The molecule has 0 aromatic heterocycles. The van der Waals surface area contributed by atoms with E-state index >= 15 is 0 Å². The fourth-order valence-corrected chi connectivity index (χ4v) is 1.52. The molecule has 0 saturated heterocycles. The van der Waals surface area contributed by atoms with Crippen molar-refractivity contribution in [3.05, 3.63) is 0 Å². The number of Topliss-reactive ketones (excluding diaryl/α,β-unsaturated/α-hetero) is 1. The monoisotopic (exact) mass is 208 g/mol. The van der Waals surface area contributed by atoms with Gasteiger partial charge in [0.1, 0.15) is 5.78 Å². The highest BCUT2D eigenvalue weighted by molar-refractivity contribution is 7.86. The number of ketones is 1. The van der Waals surface area contributed by atoms with Crippen LogP contribution in [0.5, 0.6) is 0 Å². The van der Waals surface area contributed by atoms with Crippen molar-refractivity contribution in [3.8, 4) is 0 Å². The van der Waals surface area contributed by atoms with Crippen LogP contribution in [0.3, 0.4) is 0 Å². The SMILES string of the molecule is CC(C)C(=O)C[C@H](C)OS(C)(=O)=O. The molecule has 0 spiro atoms. The minimum atomic E-state index is -3.45. The molecule has 0 aliphatic carbocycles. The highest BCUT2D eigenvalue weighted by atomic mass is 32.2. The first kappa shape index (κ1) is 12.6. The van der Waals surface area contributed by atoms with Crippen molar-refractivity contribution < 1.29 is 17.4 Å². The molecular formula is C8H16O4S. The maximum atomic E-state index is 11.2. The van der Waals surface area contributed by atoms with E-state index in [1.54, 1.807) is 20.8 Å². The van der Waals surface area contributed by atoms with Crippen LogP contribution in [0.15, 0.2) is 0 Å². The fraction of sp³-hybridized carbons (Fsp3) is 0.875. The molecule has 13 heavy (non-hydrogen) atoms. The van der Waals surface area contributed by atoms with Gasteiger partial charge in [-0.05, 0) is 6.92 Å². The van der Waals surface area contributed by atoms with Gasteiger partial charge in [-0.25, -0.2) is 0 Å². The van der Waals surface area contributed by atoms with Gasteiger partial charge in [0.15, 0.2) is 0 Å². The lowest BCUT2D eigenvalue weighted by atomic mass is 10.0. The van der Waals surface area contributed by atoms with Gasteiger partial charge in [0.25, 0.3) is 10.1 Å². The summed E-state index contributed by atoms with van der Waals surface area (Å²) in [7, 11) is -3.45. The molecule has 0 radical (unpaired) electrons. The van der Waals surface area contributed by atoms with E-state index in [1.165, 1.54) is 0 Å². The number of hydrogen-bond acceptors (Lipinski definition) is 4. The summed E-state index contributed by atoms with van der Waals surface area (Å²) in [5.74, 6) is -0.0678. The second-order valence-electron chi connectivity index (χ2n) is 3.44. The van der Waals surface area contributed by atoms with Gasteiger partial charge in [-0.1, -0.05) is 13.8 Å². The first-order valence-corrected chi connectivity index (χ1v) is 5.95. The summed E-state index contributed by atoms with van der Waals surface area (Å²) in [5.41, 5.74) is 0. The van der Waals surface area contributed by atoms with Crippen LogP contribution in [0.4, 0.5) is 0 Å².